The van der Waals surface area contributed by atoms with Gasteiger partial charge in [0.2, 0.25) is 0 Å². The number of hydrogen-bond donors (Lipinski definition) is 1. The molecule has 0 radical (unpaired) electrons. The van der Waals surface area contributed by atoms with Crippen molar-refractivity contribution in [2.45, 2.75) is 32.4 Å². The Labute approximate surface area is 116 Å². The van der Waals surface area contributed by atoms with Crippen LogP contribution in [0.2, 0.25) is 0 Å². The van der Waals surface area contributed by atoms with E-state index < -0.39 is 0 Å². The van der Waals surface area contributed by atoms with Crippen LogP contribution in [0.15, 0.2) is 24.3 Å². The van der Waals surface area contributed by atoms with Crippen molar-refractivity contribution in [1.82, 2.24) is 4.90 Å². The SMILES string of the molecule is CSCCC(C)N(C)CCc1ccccc1CN. The lowest BCUT2D eigenvalue weighted by Gasteiger charge is -2.24. The molecule has 3 heteroatoms. The Kier molecular flexibility index (Phi) is 7.40. The number of benzene rings is 1. The molecule has 0 saturated heterocycles. The zero-order valence-electron chi connectivity index (χ0n) is 11.9. The van der Waals surface area contributed by atoms with Crippen molar-refractivity contribution in [3.63, 3.8) is 0 Å². The van der Waals surface area contributed by atoms with Crippen molar-refractivity contribution in [3.05, 3.63) is 35.4 Å². The van der Waals surface area contributed by atoms with E-state index in [4.69, 9.17) is 5.73 Å². The summed E-state index contributed by atoms with van der Waals surface area (Å²) >= 11 is 1.92. The monoisotopic (exact) mass is 266 g/mol. The Bertz CT molecular complexity index is 341. The van der Waals surface area contributed by atoms with Crippen molar-refractivity contribution >= 4 is 11.8 Å². The average Bonchev–Trinajstić information content (AvgIpc) is 2.42. The van der Waals surface area contributed by atoms with Gasteiger partial charge in [0, 0.05) is 19.1 Å². The van der Waals surface area contributed by atoms with E-state index in [-0.39, 0.29) is 0 Å². The first-order chi connectivity index (χ1) is 8.69. The summed E-state index contributed by atoms with van der Waals surface area (Å²) in [5.74, 6) is 1.24. The van der Waals surface area contributed by atoms with Crippen LogP contribution >= 0.6 is 11.8 Å². The second-order valence-electron chi connectivity index (χ2n) is 4.83. The Morgan fingerprint density at radius 3 is 2.56 bits per heavy atom. The van der Waals surface area contributed by atoms with Crippen molar-refractivity contribution in [3.8, 4) is 0 Å². The van der Waals surface area contributed by atoms with Gasteiger partial charge in [-0.3, -0.25) is 0 Å². The highest BCUT2D eigenvalue weighted by Gasteiger charge is 2.09. The molecule has 1 aromatic rings. The quantitative estimate of drug-likeness (QED) is 0.784. The van der Waals surface area contributed by atoms with E-state index in [1.807, 2.05) is 11.8 Å². The first-order valence-electron chi connectivity index (χ1n) is 6.65. The van der Waals surface area contributed by atoms with Gasteiger partial charge in [-0.1, -0.05) is 24.3 Å². The van der Waals surface area contributed by atoms with Gasteiger partial charge in [-0.25, -0.2) is 0 Å². The molecule has 2 N–H and O–H groups in total. The molecule has 0 aliphatic carbocycles. The summed E-state index contributed by atoms with van der Waals surface area (Å²) in [6.07, 6.45) is 4.52. The van der Waals surface area contributed by atoms with Gasteiger partial charge in [-0.15, -0.1) is 0 Å². The van der Waals surface area contributed by atoms with Crippen molar-refractivity contribution in [2.75, 3.05) is 25.6 Å². The smallest absolute Gasteiger partial charge is 0.0180 e. The van der Waals surface area contributed by atoms with Crippen LogP contribution in [-0.2, 0) is 13.0 Å². The van der Waals surface area contributed by atoms with E-state index in [0.717, 1.165) is 13.0 Å². The molecule has 1 rings (SSSR count). The molecule has 2 nitrogen and oxygen atoms in total. The third kappa shape index (κ3) is 5.01. The summed E-state index contributed by atoms with van der Waals surface area (Å²) in [5, 5.41) is 0. The molecule has 0 bridgehead atoms. The molecular formula is C15H26N2S. The van der Waals surface area contributed by atoms with Crippen molar-refractivity contribution in [2.24, 2.45) is 5.73 Å². The Morgan fingerprint density at radius 2 is 1.94 bits per heavy atom. The molecule has 0 aromatic heterocycles. The minimum Gasteiger partial charge on any atom is -0.326 e. The predicted molar refractivity (Wildman–Crippen MR) is 83.1 cm³/mol. The van der Waals surface area contributed by atoms with Crippen LogP contribution in [0.1, 0.15) is 24.5 Å². The van der Waals surface area contributed by atoms with E-state index in [2.05, 4.69) is 49.4 Å². The van der Waals surface area contributed by atoms with E-state index in [9.17, 15) is 0 Å². The molecule has 0 spiro atoms. The number of thioether (sulfide) groups is 1. The summed E-state index contributed by atoms with van der Waals surface area (Å²) in [7, 11) is 2.22. The lowest BCUT2D eigenvalue weighted by molar-refractivity contribution is 0.256. The molecular weight excluding hydrogens is 240 g/mol. The molecule has 102 valence electrons. The lowest BCUT2D eigenvalue weighted by atomic mass is 10.0. The first-order valence-corrected chi connectivity index (χ1v) is 8.04. The van der Waals surface area contributed by atoms with Crippen LogP contribution in [0.3, 0.4) is 0 Å². The van der Waals surface area contributed by atoms with Gasteiger partial charge < -0.3 is 10.6 Å². The normalized spacial score (nSPS) is 12.9. The average molecular weight is 266 g/mol. The number of likely N-dealkylation sites (N-methyl/N-ethyl adjacent to an activating group) is 1. The zero-order valence-corrected chi connectivity index (χ0v) is 12.7. The Hall–Kier alpha value is -0.510. The van der Waals surface area contributed by atoms with Crippen LogP contribution in [0.4, 0.5) is 0 Å². The fourth-order valence-electron chi connectivity index (χ4n) is 2.03. The molecule has 0 aliphatic rings. The van der Waals surface area contributed by atoms with Gasteiger partial charge in [-0.2, -0.15) is 11.8 Å². The highest BCUT2D eigenvalue weighted by Crippen LogP contribution is 2.11. The molecule has 0 amide bonds. The van der Waals surface area contributed by atoms with Crippen LogP contribution < -0.4 is 5.73 Å². The Balaban J connectivity index is 2.44. The maximum absolute atomic E-state index is 5.77. The molecule has 1 unspecified atom stereocenters. The number of nitrogens with two attached hydrogens (primary N) is 1. The van der Waals surface area contributed by atoms with E-state index >= 15 is 0 Å². The molecule has 0 heterocycles. The fraction of sp³-hybridized carbons (Fsp3) is 0.600. The molecule has 18 heavy (non-hydrogen) atoms. The largest absolute Gasteiger partial charge is 0.326 e. The number of nitrogens with zero attached hydrogens (tertiary/aromatic N) is 1. The minimum atomic E-state index is 0.641. The van der Waals surface area contributed by atoms with Gasteiger partial charge in [-0.05, 0) is 49.9 Å². The second kappa shape index (κ2) is 8.57. The summed E-state index contributed by atoms with van der Waals surface area (Å²) in [6.45, 7) is 4.06. The maximum atomic E-state index is 5.77. The predicted octanol–water partition coefficient (Wildman–Crippen LogP) is 2.76. The third-order valence-electron chi connectivity index (χ3n) is 3.56. The van der Waals surface area contributed by atoms with Crippen LogP contribution in [-0.4, -0.2) is 36.5 Å². The molecule has 0 fully saturated rings. The number of rotatable bonds is 8. The van der Waals surface area contributed by atoms with E-state index in [1.165, 1.54) is 23.3 Å². The first kappa shape index (κ1) is 15.5. The summed E-state index contributed by atoms with van der Waals surface area (Å²) < 4.78 is 0. The van der Waals surface area contributed by atoms with Crippen molar-refractivity contribution < 1.29 is 0 Å². The van der Waals surface area contributed by atoms with Gasteiger partial charge in [0.25, 0.3) is 0 Å². The van der Waals surface area contributed by atoms with Gasteiger partial charge in [0.1, 0.15) is 0 Å². The van der Waals surface area contributed by atoms with Crippen LogP contribution in [0, 0.1) is 0 Å². The fourth-order valence-corrected chi connectivity index (χ4v) is 2.60. The van der Waals surface area contributed by atoms with Gasteiger partial charge >= 0.3 is 0 Å². The highest BCUT2D eigenvalue weighted by molar-refractivity contribution is 7.98. The highest BCUT2D eigenvalue weighted by atomic mass is 32.2. The topological polar surface area (TPSA) is 29.3 Å². The summed E-state index contributed by atoms with van der Waals surface area (Å²) in [5.41, 5.74) is 8.44. The molecule has 0 aliphatic heterocycles. The Morgan fingerprint density at radius 1 is 1.28 bits per heavy atom. The summed E-state index contributed by atoms with van der Waals surface area (Å²) in [4.78, 5) is 2.45. The standard InChI is InChI=1S/C15H26N2S/c1-13(9-11-18-3)17(2)10-8-14-6-4-5-7-15(14)12-16/h4-7,13H,8-12,16H2,1-3H3. The van der Waals surface area contributed by atoms with E-state index in [0.29, 0.717) is 12.6 Å². The minimum absolute atomic E-state index is 0.641. The van der Waals surface area contributed by atoms with Crippen molar-refractivity contribution in [1.29, 1.82) is 0 Å². The third-order valence-corrected chi connectivity index (χ3v) is 4.21. The maximum Gasteiger partial charge on any atom is 0.0180 e. The molecule has 1 atom stereocenters. The van der Waals surface area contributed by atoms with Crippen LogP contribution in [0.5, 0.6) is 0 Å². The zero-order chi connectivity index (χ0) is 13.4. The lowest BCUT2D eigenvalue weighted by Crippen LogP contribution is -2.31. The van der Waals surface area contributed by atoms with E-state index in [1.54, 1.807) is 0 Å². The number of hydrogen-bond acceptors (Lipinski definition) is 3. The van der Waals surface area contributed by atoms with Gasteiger partial charge in [0.15, 0.2) is 0 Å². The van der Waals surface area contributed by atoms with Crippen LogP contribution in [0.25, 0.3) is 0 Å². The summed E-state index contributed by atoms with van der Waals surface area (Å²) in [6, 6.07) is 9.15. The molecule has 1 aromatic carbocycles. The molecule has 0 saturated carbocycles. The van der Waals surface area contributed by atoms with Gasteiger partial charge in [0.05, 0.1) is 0 Å². The second-order valence-corrected chi connectivity index (χ2v) is 5.82.